The molecule has 0 unspecified atom stereocenters. The third kappa shape index (κ3) is 18.4. The maximum atomic E-state index is 12.9. The number of aromatic nitrogens is 7. The summed E-state index contributed by atoms with van der Waals surface area (Å²) in [5, 5.41) is 22.5. The largest absolute Gasteiger partial charge is 0.379 e. The summed E-state index contributed by atoms with van der Waals surface area (Å²) in [6, 6.07) is 14.5. The summed E-state index contributed by atoms with van der Waals surface area (Å²) in [5.74, 6) is 2.22. The topological polar surface area (TPSA) is 220 Å². The Hall–Kier alpha value is -5.20. The van der Waals surface area contributed by atoms with Gasteiger partial charge in [0.15, 0.2) is 17.2 Å². The van der Waals surface area contributed by atoms with Crippen LogP contribution in [-0.2, 0) is 33.2 Å². The highest BCUT2D eigenvalue weighted by atomic mass is 35.5. The van der Waals surface area contributed by atoms with Crippen molar-refractivity contribution in [2.75, 3.05) is 141 Å². The number of Topliss-reactive ketones (excluding diaryl/α,β-unsaturated/α-hetero) is 1. The Morgan fingerprint density at radius 1 is 0.721 bits per heavy atom. The minimum atomic E-state index is -0.278. The number of ketones is 1. The molecule has 22 heteroatoms. The smallest absolute Gasteiger partial charge is 0.267 e. The van der Waals surface area contributed by atoms with Gasteiger partial charge in [0.2, 0.25) is 5.82 Å². The molecule has 1 saturated heterocycles. The molecule has 366 valence electrons. The van der Waals surface area contributed by atoms with Crippen LogP contribution in [0.15, 0.2) is 61.1 Å². The van der Waals surface area contributed by atoms with Gasteiger partial charge in [-0.2, -0.15) is 0 Å². The van der Waals surface area contributed by atoms with E-state index in [0.29, 0.717) is 155 Å². The number of nitrogens with one attached hydrogen (secondary N) is 2. The van der Waals surface area contributed by atoms with Gasteiger partial charge in [-0.15, -0.1) is 20.4 Å². The average molecular weight is 979 g/mol. The van der Waals surface area contributed by atoms with Crippen LogP contribution in [0.25, 0.3) is 11.4 Å². The fourth-order valence-electron chi connectivity index (χ4n) is 6.74. The van der Waals surface area contributed by atoms with Gasteiger partial charge in [-0.1, -0.05) is 53.3 Å². The zero-order valence-corrected chi connectivity index (χ0v) is 40.2. The number of rotatable bonds is 32. The monoisotopic (exact) mass is 977 g/mol. The van der Waals surface area contributed by atoms with Gasteiger partial charge < -0.3 is 48.7 Å². The number of piperazine rings is 1. The van der Waals surface area contributed by atoms with E-state index in [-0.39, 0.29) is 11.7 Å². The number of carbonyl (C=O) groups is 2. The molecule has 0 atom stereocenters. The molecule has 4 heterocycles. The Labute approximate surface area is 405 Å². The Kier molecular flexibility index (Phi) is 22.7. The predicted octanol–water partition coefficient (Wildman–Crippen LogP) is 5.35. The number of benzene rings is 2. The Balaban J connectivity index is 0.682. The van der Waals surface area contributed by atoms with Crippen molar-refractivity contribution >= 4 is 57.1 Å². The molecule has 1 amide bonds. The van der Waals surface area contributed by atoms with Crippen LogP contribution in [0.4, 0.5) is 22.5 Å². The van der Waals surface area contributed by atoms with Crippen molar-refractivity contribution in [3.05, 3.63) is 87.9 Å². The van der Waals surface area contributed by atoms with Gasteiger partial charge in [0.1, 0.15) is 22.3 Å². The molecule has 0 aliphatic carbocycles. The van der Waals surface area contributed by atoms with Gasteiger partial charge in [0.05, 0.1) is 103 Å². The van der Waals surface area contributed by atoms with Crippen LogP contribution >= 0.6 is 22.9 Å². The molecule has 0 bridgehead atoms. The molecule has 2 N–H and O–H groups in total. The molecular weight excluding hydrogens is 918 g/mol. The number of halogens is 1. The van der Waals surface area contributed by atoms with Crippen LogP contribution in [0.1, 0.15) is 44.3 Å². The number of hydrogen-bond acceptors (Lipinski definition) is 20. The fourth-order valence-corrected chi connectivity index (χ4v) is 7.72. The molecular formula is C46H60ClN11O9S. The second-order valence-corrected chi connectivity index (χ2v) is 16.7. The van der Waals surface area contributed by atoms with E-state index in [0.717, 1.165) is 44.1 Å². The maximum Gasteiger partial charge on any atom is 0.267 e. The first-order valence-corrected chi connectivity index (χ1v) is 23.8. The quantitative estimate of drug-likeness (QED) is 0.0410. The van der Waals surface area contributed by atoms with Crippen molar-refractivity contribution in [3.8, 4) is 11.4 Å². The van der Waals surface area contributed by atoms with Gasteiger partial charge >= 0.3 is 0 Å². The molecule has 6 rings (SSSR count). The number of aryl methyl sites for hydroxylation is 2. The summed E-state index contributed by atoms with van der Waals surface area (Å²) >= 11 is 7.53. The highest BCUT2D eigenvalue weighted by Gasteiger charge is 2.20. The minimum Gasteiger partial charge on any atom is -0.379 e. The zero-order chi connectivity index (χ0) is 47.6. The fraction of sp³-hybridized carbons (Fsp3) is 0.500. The van der Waals surface area contributed by atoms with Gasteiger partial charge in [-0.25, -0.2) is 15.0 Å². The van der Waals surface area contributed by atoms with E-state index in [1.807, 2.05) is 38.1 Å². The van der Waals surface area contributed by atoms with E-state index >= 15 is 0 Å². The van der Waals surface area contributed by atoms with Crippen LogP contribution in [0.5, 0.6) is 0 Å². The molecule has 1 fully saturated rings. The third-order valence-corrected chi connectivity index (χ3v) is 11.5. The van der Waals surface area contributed by atoms with Gasteiger partial charge in [0, 0.05) is 62.9 Å². The lowest BCUT2D eigenvalue weighted by molar-refractivity contribution is -0.0210. The van der Waals surface area contributed by atoms with Crippen LogP contribution in [0, 0.1) is 13.8 Å². The standard InChI is InChI=1S/C46H60ClN11O9S/c1-34-6-3-9-38(47)43(34)54-45(60)40-32-48-46(68-40)53-41-31-42(52-35(2)51-41)58-13-11-57(12-14-58)15-17-62-19-21-64-23-25-66-27-29-67-28-26-65-24-22-63-20-18-61-16-5-10-39(59)36-7-4-8-37(30-36)44-55-49-33-50-56-44/h3-4,6-9,30-33H,5,10-29H2,1-2H3,(H,54,60)(H,48,51,52,53). The Morgan fingerprint density at radius 2 is 1.32 bits per heavy atom. The second kappa shape index (κ2) is 29.6. The van der Waals surface area contributed by atoms with E-state index in [1.165, 1.54) is 23.9 Å². The molecule has 20 nitrogen and oxygen atoms in total. The number of ether oxygens (including phenoxy) is 7. The summed E-state index contributed by atoms with van der Waals surface area (Å²) in [7, 11) is 0. The number of hydrogen-bond donors (Lipinski definition) is 2. The first-order valence-electron chi connectivity index (χ1n) is 22.6. The highest BCUT2D eigenvalue weighted by Crippen LogP contribution is 2.29. The molecule has 2 aromatic carbocycles. The summed E-state index contributed by atoms with van der Waals surface area (Å²) in [6.07, 6.45) is 3.78. The van der Waals surface area contributed by atoms with E-state index in [9.17, 15) is 9.59 Å². The summed E-state index contributed by atoms with van der Waals surface area (Å²) in [6.45, 7) is 14.8. The maximum absolute atomic E-state index is 12.9. The molecule has 1 aliphatic rings. The number of thiazole rings is 1. The molecule has 1 aliphatic heterocycles. The predicted molar refractivity (Wildman–Crippen MR) is 257 cm³/mol. The molecule has 0 radical (unpaired) electrons. The average Bonchev–Trinajstić information content (AvgIpc) is 3.82. The number of para-hydroxylation sites is 1. The van der Waals surface area contributed by atoms with Gasteiger partial charge in [-0.3, -0.25) is 14.5 Å². The highest BCUT2D eigenvalue weighted by molar-refractivity contribution is 7.17. The van der Waals surface area contributed by atoms with Gasteiger partial charge in [-0.05, 0) is 38.0 Å². The summed E-state index contributed by atoms with van der Waals surface area (Å²) in [4.78, 5) is 44.2. The normalized spacial score (nSPS) is 13.0. The molecule has 68 heavy (non-hydrogen) atoms. The van der Waals surface area contributed by atoms with Crippen LogP contribution in [-0.4, -0.2) is 177 Å². The van der Waals surface area contributed by atoms with Gasteiger partial charge in [0.25, 0.3) is 5.91 Å². The van der Waals surface area contributed by atoms with Crippen molar-refractivity contribution in [1.82, 2.24) is 40.2 Å². The van der Waals surface area contributed by atoms with E-state index in [2.05, 4.69) is 55.8 Å². The number of amides is 1. The number of anilines is 4. The molecule has 5 aromatic rings. The van der Waals surface area contributed by atoms with Crippen LogP contribution in [0.3, 0.4) is 0 Å². The van der Waals surface area contributed by atoms with Crippen molar-refractivity contribution in [2.24, 2.45) is 0 Å². The zero-order valence-electron chi connectivity index (χ0n) is 38.6. The number of nitrogens with zero attached hydrogens (tertiary/aromatic N) is 9. The van der Waals surface area contributed by atoms with Crippen molar-refractivity contribution in [1.29, 1.82) is 0 Å². The third-order valence-electron chi connectivity index (χ3n) is 10.3. The van der Waals surface area contributed by atoms with Crippen molar-refractivity contribution < 1.29 is 42.7 Å². The number of carbonyl (C=O) groups excluding carboxylic acids is 2. The summed E-state index contributed by atoms with van der Waals surface area (Å²) in [5.41, 5.74) is 2.76. The molecule has 0 spiro atoms. The van der Waals surface area contributed by atoms with Crippen LogP contribution in [0.2, 0.25) is 5.02 Å². The van der Waals surface area contributed by atoms with Crippen LogP contribution < -0.4 is 15.5 Å². The first-order chi connectivity index (χ1) is 33.3. The van der Waals surface area contributed by atoms with E-state index < -0.39 is 0 Å². The molecule has 0 saturated carbocycles. The second-order valence-electron chi connectivity index (χ2n) is 15.3. The van der Waals surface area contributed by atoms with Crippen molar-refractivity contribution in [3.63, 3.8) is 0 Å². The minimum absolute atomic E-state index is 0.0266. The lowest BCUT2D eigenvalue weighted by Gasteiger charge is -2.35. The molecule has 3 aromatic heterocycles. The Bertz CT molecular complexity index is 2260. The van der Waals surface area contributed by atoms with E-state index in [1.54, 1.807) is 24.3 Å². The lowest BCUT2D eigenvalue weighted by atomic mass is 10.0. The Morgan fingerprint density at radius 3 is 1.96 bits per heavy atom. The van der Waals surface area contributed by atoms with E-state index in [4.69, 9.17) is 44.8 Å². The SMILES string of the molecule is Cc1nc(Nc2ncc(C(=O)Nc3c(C)cccc3Cl)s2)cc(N2CCN(CCOCCOCCOCCOCCOCCOCCOCCCC(=O)c3cccc(-c4nncnn4)c3)CC2)n1. The lowest BCUT2D eigenvalue weighted by Crippen LogP contribution is -2.47. The summed E-state index contributed by atoms with van der Waals surface area (Å²) < 4.78 is 39.3. The first kappa shape index (κ1) is 52.2. The van der Waals surface area contributed by atoms with Crippen molar-refractivity contribution in [2.45, 2.75) is 26.7 Å².